The maximum absolute atomic E-state index is 11.5. The molecule has 0 aliphatic rings. The number of carbonyl (C=O) groups excluding carboxylic acids is 1. The molecule has 2 atom stereocenters. The molecule has 0 bridgehead atoms. The first kappa shape index (κ1) is 16.4. The van der Waals surface area contributed by atoms with Crippen LogP contribution in [0, 0.1) is 0 Å². The summed E-state index contributed by atoms with van der Waals surface area (Å²) in [5.41, 5.74) is 0. The molecule has 0 aromatic carbocycles. The summed E-state index contributed by atoms with van der Waals surface area (Å²) >= 11 is 0. The second kappa shape index (κ2) is 10.5. The van der Waals surface area contributed by atoms with Crippen LogP contribution in [0.25, 0.3) is 0 Å². The van der Waals surface area contributed by atoms with Gasteiger partial charge in [0.2, 0.25) is 5.91 Å². The molecule has 0 saturated heterocycles. The Morgan fingerprint density at radius 2 is 2.06 bits per heavy atom. The van der Waals surface area contributed by atoms with Gasteiger partial charge in [0, 0.05) is 26.8 Å². The number of methoxy groups -OCH3 is 2. The van der Waals surface area contributed by atoms with E-state index in [-0.39, 0.29) is 18.1 Å². The van der Waals surface area contributed by atoms with Crippen LogP contribution < -0.4 is 10.6 Å². The first-order valence-electron chi connectivity index (χ1n) is 6.15. The maximum Gasteiger partial charge on any atom is 0.234 e. The highest BCUT2D eigenvalue weighted by Crippen LogP contribution is 1.94. The molecule has 0 radical (unpaired) electrons. The minimum Gasteiger partial charge on any atom is -0.382 e. The van der Waals surface area contributed by atoms with Crippen LogP contribution in [0.1, 0.15) is 26.7 Å². The molecule has 17 heavy (non-hydrogen) atoms. The van der Waals surface area contributed by atoms with Gasteiger partial charge in [0.25, 0.3) is 0 Å². The minimum absolute atomic E-state index is 0.0131. The van der Waals surface area contributed by atoms with Gasteiger partial charge in [0.05, 0.1) is 19.3 Å². The predicted octanol–water partition coefficient (Wildman–Crippen LogP) is 0.542. The van der Waals surface area contributed by atoms with E-state index in [9.17, 15) is 4.79 Å². The molecular weight excluding hydrogens is 220 g/mol. The fourth-order valence-electron chi connectivity index (χ4n) is 1.57. The van der Waals surface area contributed by atoms with Crippen molar-refractivity contribution in [3.05, 3.63) is 0 Å². The standard InChI is InChI=1S/C12H26N2O3/c1-5-6-10(2)14-12(15)8-13-7-11(17-4)9-16-3/h10-11,13H,5-9H2,1-4H3,(H,14,15). The Balaban J connectivity index is 3.62. The van der Waals surface area contributed by atoms with E-state index in [0.29, 0.717) is 19.7 Å². The summed E-state index contributed by atoms with van der Waals surface area (Å²) in [4.78, 5) is 11.5. The summed E-state index contributed by atoms with van der Waals surface area (Å²) in [6, 6.07) is 0.242. The van der Waals surface area contributed by atoms with Crippen LogP contribution in [0.5, 0.6) is 0 Å². The quantitative estimate of drug-likeness (QED) is 0.591. The SMILES string of the molecule is CCCC(C)NC(=O)CNCC(COC)OC. The molecule has 0 aliphatic heterocycles. The van der Waals surface area contributed by atoms with Crippen molar-refractivity contribution in [2.75, 3.05) is 33.9 Å². The lowest BCUT2D eigenvalue weighted by molar-refractivity contribution is -0.121. The van der Waals surface area contributed by atoms with Crippen LogP contribution in [-0.4, -0.2) is 52.0 Å². The molecule has 2 unspecified atom stereocenters. The maximum atomic E-state index is 11.5. The first-order valence-corrected chi connectivity index (χ1v) is 6.15. The molecule has 0 aromatic rings. The number of nitrogens with one attached hydrogen (secondary N) is 2. The lowest BCUT2D eigenvalue weighted by atomic mass is 10.2. The van der Waals surface area contributed by atoms with Crippen molar-refractivity contribution in [1.82, 2.24) is 10.6 Å². The van der Waals surface area contributed by atoms with E-state index in [1.807, 2.05) is 6.92 Å². The topological polar surface area (TPSA) is 59.6 Å². The Bertz CT molecular complexity index is 200. The van der Waals surface area contributed by atoms with E-state index in [0.717, 1.165) is 12.8 Å². The zero-order chi connectivity index (χ0) is 13.1. The molecule has 0 aromatic heterocycles. The Kier molecular flexibility index (Phi) is 10.1. The summed E-state index contributed by atoms with van der Waals surface area (Å²) in [5, 5.41) is 5.98. The summed E-state index contributed by atoms with van der Waals surface area (Å²) in [7, 11) is 3.26. The van der Waals surface area contributed by atoms with Crippen LogP contribution in [-0.2, 0) is 14.3 Å². The lowest BCUT2D eigenvalue weighted by Gasteiger charge is -2.16. The second-order valence-corrected chi connectivity index (χ2v) is 4.20. The van der Waals surface area contributed by atoms with Crippen LogP contribution in [0.15, 0.2) is 0 Å². The van der Waals surface area contributed by atoms with Gasteiger partial charge < -0.3 is 20.1 Å². The molecule has 5 nitrogen and oxygen atoms in total. The van der Waals surface area contributed by atoms with E-state index in [4.69, 9.17) is 9.47 Å². The van der Waals surface area contributed by atoms with Gasteiger partial charge in [0.15, 0.2) is 0 Å². The van der Waals surface area contributed by atoms with Crippen molar-refractivity contribution in [2.24, 2.45) is 0 Å². The number of carbonyl (C=O) groups is 1. The fourth-order valence-corrected chi connectivity index (χ4v) is 1.57. The first-order chi connectivity index (χ1) is 8.13. The monoisotopic (exact) mass is 246 g/mol. The molecule has 0 rings (SSSR count). The Morgan fingerprint density at radius 1 is 1.35 bits per heavy atom. The van der Waals surface area contributed by atoms with Crippen LogP contribution in [0.3, 0.4) is 0 Å². The Labute approximate surface area is 104 Å². The zero-order valence-corrected chi connectivity index (χ0v) is 11.4. The van der Waals surface area contributed by atoms with Gasteiger partial charge in [-0.1, -0.05) is 13.3 Å². The highest BCUT2D eigenvalue weighted by Gasteiger charge is 2.09. The third-order valence-corrected chi connectivity index (χ3v) is 2.47. The van der Waals surface area contributed by atoms with Crippen LogP contribution in [0.4, 0.5) is 0 Å². The van der Waals surface area contributed by atoms with Crippen LogP contribution >= 0.6 is 0 Å². The summed E-state index contributed by atoms with van der Waals surface area (Å²) in [5.74, 6) is 0.0261. The van der Waals surface area contributed by atoms with Crippen molar-refractivity contribution < 1.29 is 14.3 Å². The van der Waals surface area contributed by atoms with Gasteiger partial charge in [-0.3, -0.25) is 4.79 Å². The van der Waals surface area contributed by atoms with E-state index < -0.39 is 0 Å². The van der Waals surface area contributed by atoms with Crippen molar-refractivity contribution >= 4 is 5.91 Å². The molecule has 1 amide bonds. The van der Waals surface area contributed by atoms with Crippen molar-refractivity contribution in [3.63, 3.8) is 0 Å². The summed E-state index contributed by atoms with van der Waals surface area (Å²) in [6.45, 7) is 5.58. The van der Waals surface area contributed by atoms with E-state index in [1.54, 1.807) is 14.2 Å². The molecule has 5 heteroatoms. The lowest BCUT2D eigenvalue weighted by Crippen LogP contribution is -2.41. The Hall–Kier alpha value is -0.650. The number of ether oxygens (including phenoxy) is 2. The number of hydrogen-bond acceptors (Lipinski definition) is 4. The largest absolute Gasteiger partial charge is 0.382 e. The second-order valence-electron chi connectivity index (χ2n) is 4.20. The van der Waals surface area contributed by atoms with E-state index >= 15 is 0 Å². The molecule has 0 saturated carbocycles. The molecule has 0 fully saturated rings. The number of rotatable bonds is 10. The average Bonchev–Trinajstić information content (AvgIpc) is 2.28. The summed E-state index contributed by atoms with van der Waals surface area (Å²) in [6.07, 6.45) is 2.07. The molecule has 2 N–H and O–H groups in total. The number of hydrogen-bond donors (Lipinski definition) is 2. The molecule has 0 aliphatic carbocycles. The predicted molar refractivity (Wildman–Crippen MR) is 68.1 cm³/mol. The van der Waals surface area contributed by atoms with Gasteiger partial charge in [0.1, 0.15) is 0 Å². The smallest absolute Gasteiger partial charge is 0.234 e. The van der Waals surface area contributed by atoms with Crippen molar-refractivity contribution in [1.29, 1.82) is 0 Å². The number of amides is 1. The fraction of sp³-hybridized carbons (Fsp3) is 0.917. The third kappa shape index (κ3) is 9.09. The van der Waals surface area contributed by atoms with Gasteiger partial charge in [-0.05, 0) is 13.3 Å². The molecule has 0 spiro atoms. The highest BCUT2D eigenvalue weighted by molar-refractivity contribution is 5.78. The molecule has 0 heterocycles. The van der Waals surface area contributed by atoms with Gasteiger partial charge >= 0.3 is 0 Å². The minimum atomic E-state index is -0.0131. The highest BCUT2D eigenvalue weighted by atomic mass is 16.5. The van der Waals surface area contributed by atoms with Gasteiger partial charge in [-0.25, -0.2) is 0 Å². The van der Waals surface area contributed by atoms with Crippen LogP contribution in [0.2, 0.25) is 0 Å². The normalized spacial score (nSPS) is 14.4. The third-order valence-electron chi connectivity index (χ3n) is 2.47. The van der Waals surface area contributed by atoms with Gasteiger partial charge in [-0.2, -0.15) is 0 Å². The van der Waals surface area contributed by atoms with E-state index in [2.05, 4.69) is 17.6 Å². The zero-order valence-electron chi connectivity index (χ0n) is 11.4. The van der Waals surface area contributed by atoms with E-state index in [1.165, 1.54) is 0 Å². The Morgan fingerprint density at radius 3 is 2.59 bits per heavy atom. The summed E-state index contributed by atoms with van der Waals surface area (Å²) < 4.78 is 10.2. The molecule has 102 valence electrons. The van der Waals surface area contributed by atoms with Crippen molar-refractivity contribution in [2.45, 2.75) is 38.8 Å². The van der Waals surface area contributed by atoms with Crippen molar-refractivity contribution in [3.8, 4) is 0 Å². The van der Waals surface area contributed by atoms with Gasteiger partial charge in [-0.15, -0.1) is 0 Å². The average molecular weight is 246 g/mol. The molecular formula is C12H26N2O3.